The van der Waals surface area contributed by atoms with Crippen molar-refractivity contribution in [3.63, 3.8) is 0 Å². The number of hydrogen-bond donors (Lipinski definition) is 1. The minimum Gasteiger partial charge on any atom is -0.389 e. The number of anilines is 1. The number of nitrogens with zero attached hydrogens (tertiary/aromatic N) is 1. The SMILES string of the molecule is CCN(CC1CCC1)c1ccccc1C(N)=S. The molecule has 0 spiro atoms. The van der Waals surface area contributed by atoms with E-state index in [1.54, 1.807) is 0 Å². The molecular formula is C14H20N2S. The van der Waals surface area contributed by atoms with Crippen LogP contribution >= 0.6 is 12.2 Å². The van der Waals surface area contributed by atoms with Crippen molar-refractivity contribution in [2.24, 2.45) is 11.7 Å². The van der Waals surface area contributed by atoms with Gasteiger partial charge < -0.3 is 10.6 Å². The van der Waals surface area contributed by atoms with Crippen LogP contribution < -0.4 is 10.6 Å². The summed E-state index contributed by atoms with van der Waals surface area (Å²) in [6, 6.07) is 8.19. The Kier molecular flexibility index (Phi) is 4.00. The quantitative estimate of drug-likeness (QED) is 0.812. The molecule has 0 saturated heterocycles. The topological polar surface area (TPSA) is 29.3 Å². The fourth-order valence-corrected chi connectivity index (χ4v) is 2.52. The van der Waals surface area contributed by atoms with E-state index in [2.05, 4.69) is 24.0 Å². The van der Waals surface area contributed by atoms with Crippen LogP contribution in [0, 0.1) is 5.92 Å². The summed E-state index contributed by atoms with van der Waals surface area (Å²) in [5.74, 6) is 0.856. The first-order chi connectivity index (χ1) is 8.22. The van der Waals surface area contributed by atoms with Gasteiger partial charge in [-0.2, -0.15) is 0 Å². The van der Waals surface area contributed by atoms with E-state index >= 15 is 0 Å². The molecule has 2 N–H and O–H groups in total. The molecule has 0 heterocycles. The van der Waals surface area contributed by atoms with Gasteiger partial charge in [-0.05, 0) is 37.8 Å². The molecule has 0 atom stereocenters. The number of hydrogen-bond acceptors (Lipinski definition) is 2. The smallest absolute Gasteiger partial charge is 0.106 e. The number of rotatable bonds is 5. The second-order valence-electron chi connectivity index (χ2n) is 4.72. The summed E-state index contributed by atoms with van der Waals surface area (Å²) in [4.78, 5) is 2.89. The summed E-state index contributed by atoms with van der Waals surface area (Å²) in [5.41, 5.74) is 7.98. The number of para-hydroxylation sites is 1. The van der Waals surface area contributed by atoms with Gasteiger partial charge in [-0.1, -0.05) is 30.8 Å². The van der Waals surface area contributed by atoms with Crippen LogP contribution in [0.4, 0.5) is 5.69 Å². The van der Waals surface area contributed by atoms with Crippen LogP contribution in [0.1, 0.15) is 31.7 Å². The molecule has 1 fully saturated rings. The van der Waals surface area contributed by atoms with Gasteiger partial charge in [0.2, 0.25) is 0 Å². The van der Waals surface area contributed by atoms with Gasteiger partial charge in [0, 0.05) is 24.3 Å². The largest absolute Gasteiger partial charge is 0.389 e. The van der Waals surface area contributed by atoms with Gasteiger partial charge in [0.15, 0.2) is 0 Å². The summed E-state index contributed by atoms with van der Waals surface area (Å²) < 4.78 is 0. The highest BCUT2D eigenvalue weighted by molar-refractivity contribution is 7.80. The lowest BCUT2D eigenvalue weighted by Crippen LogP contribution is -2.33. The van der Waals surface area contributed by atoms with Crippen LogP contribution in [0.2, 0.25) is 0 Å². The third-order valence-corrected chi connectivity index (χ3v) is 3.82. The lowest BCUT2D eigenvalue weighted by atomic mass is 9.85. The molecule has 2 rings (SSSR count). The fourth-order valence-electron chi connectivity index (χ4n) is 2.34. The molecule has 1 aromatic carbocycles. The fraction of sp³-hybridized carbons (Fsp3) is 0.500. The Morgan fingerprint density at radius 3 is 2.65 bits per heavy atom. The third-order valence-electron chi connectivity index (χ3n) is 3.60. The van der Waals surface area contributed by atoms with Crippen molar-refractivity contribution in [3.8, 4) is 0 Å². The highest BCUT2D eigenvalue weighted by atomic mass is 32.1. The Morgan fingerprint density at radius 1 is 1.41 bits per heavy atom. The summed E-state index contributed by atoms with van der Waals surface area (Å²) in [6.07, 6.45) is 4.12. The van der Waals surface area contributed by atoms with E-state index in [4.69, 9.17) is 18.0 Å². The zero-order valence-corrected chi connectivity index (χ0v) is 11.2. The van der Waals surface area contributed by atoms with Gasteiger partial charge >= 0.3 is 0 Å². The predicted octanol–water partition coefficient (Wildman–Crippen LogP) is 2.95. The van der Waals surface area contributed by atoms with Gasteiger partial charge in [0.25, 0.3) is 0 Å². The lowest BCUT2D eigenvalue weighted by molar-refractivity contribution is 0.318. The van der Waals surface area contributed by atoms with E-state index in [0.29, 0.717) is 4.99 Å². The van der Waals surface area contributed by atoms with E-state index in [9.17, 15) is 0 Å². The Bertz CT molecular complexity index is 399. The van der Waals surface area contributed by atoms with Crippen LogP contribution in [0.15, 0.2) is 24.3 Å². The summed E-state index contributed by atoms with van der Waals surface area (Å²) in [7, 11) is 0. The summed E-state index contributed by atoms with van der Waals surface area (Å²) >= 11 is 5.12. The maximum atomic E-state index is 5.79. The second-order valence-corrected chi connectivity index (χ2v) is 5.16. The molecule has 0 aliphatic heterocycles. The molecule has 17 heavy (non-hydrogen) atoms. The van der Waals surface area contributed by atoms with Crippen molar-refractivity contribution >= 4 is 22.9 Å². The van der Waals surface area contributed by atoms with Crippen molar-refractivity contribution in [3.05, 3.63) is 29.8 Å². The van der Waals surface area contributed by atoms with Crippen LogP contribution in [0.5, 0.6) is 0 Å². The monoisotopic (exact) mass is 248 g/mol. The molecule has 1 aliphatic rings. The average molecular weight is 248 g/mol. The number of nitrogens with two attached hydrogens (primary N) is 1. The Labute approximate surface area is 109 Å². The molecule has 1 aliphatic carbocycles. The lowest BCUT2D eigenvalue weighted by Gasteiger charge is -2.34. The zero-order valence-electron chi connectivity index (χ0n) is 10.4. The second kappa shape index (κ2) is 5.50. The maximum Gasteiger partial charge on any atom is 0.106 e. The Morgan fingerprint density at radius 2 is 2.12 bits per heavy atom. The van der Waals surface area contributed by atoms with Crippen LogP contribution in [0.3, 0.4) is 0 Å². The summed E-state index contributed by atoms with van der Waals surface area (Å²) in [5, 5.41) is 0. The molecule has 0 radical (unpaired) electrons. The van der Waals surface area contributed by atoms with Crippen molar-refractivity contribution < 1.29 is 0 Å². The maximum absolute atomic E-state index is 5.79. The van der Waals surface area contributed by atoms with Gasteiger partial charge in [0.1, 0.15) is 4.99 Å². The van der Waals surface area contributed by atoms with E-state index in [1.165, 1.54) is 24.9 Å². The highest BCUT2D eigenvalue weighted by Gasteiger charge is 2.21. The standard InChI is InChI=1S/C14H20N2S/c1-2-16(10-11-6-5-7-11)13-9-4-3-8-12(13)14(15)17/h3-4,8-9,11H,2,5-7,10H2,1H3,(H2,15,17). The van der Waals surface area contributed by atoms with Crippen LogP contribution in [0.25, 0.3) is 0 Å². The van der Waals surface area contributed by atoms with Crippen molar-refractivity contribution in [2.75, 3.05) is 18.0 Å². The highest BCUT2D eigenvalue weighted by Crippen LogP contribution is 2.30. The first-order valence-corrected chi connectivity index (χ1v) is 6.77. The normalized spacial score (nSPS) is 15.4. The molecule has 1 aromatic rings. The predicted molar refractivity (Wildman–Crippen MR) is 77.6 cm³/mol. The Hall–Kier alpha value is -1.09. The summed E-state index contributed by atoms with van der Waals surface area (Å²) in [6.45, 7) is 4.33. The third kappa shape index (κ3) is 2.78. The van der Waals surface area contributed by atoms with E-state index in [-0.39, 0.29) is 0 Å². The molecule has 0 unspecified atom stereocenters. The zero-order chi connectivity index (χ0) is 12.3. The Balaban J connectivity index is 2.19. The van der Waals surface area contributed by atoms with Gasteiger partial charge in [0.05, 0.1) is 0 Å². The van der Waals surface area contributed by atoms with Gasteiger partial charge in [-0.3, -0.25) is 0 Å². The first kappa shape index (κ1) is 12.4. The van der Waals surface area contributed by atoms with Gasteiger partial charge in [-0.15, -0.1) is 0 Å². The molecule has 92 valence electrons. The van der Waals surface area contributed by atoms with E-state index < -0.39 is 0 Å². The molecule has 2 nitrogen and oxygen atoms in total. The molecule has 0 amide bonds. The minimum absolute atomic E-state index is 0.493. The first-order valence-electron chi connectivity index (χ1n) is 6.36. The van der Waals surface area contributed by atoms with Gasteiger partial charge in [-0.25, -0.2) is 0 Å². The number of thiocarbonyl (C=S) groups is 1. The van der Waals surface area contributed by atoms with E-state index in [0.717, 1.165) is 24.6 Å². The molecule has 0 bridgehead atoms. The number of benzene rings is 1. The molecule has 1 saturated carbocycles. The van der Waals surface area contributed by atoms with Crippen molar-refractivity contribution in [2.45, 2.75) is 26.2 Å². The molecule has 3 heteroatoms. The van der Waals surface area contributed by atoms with Crippen molar-refractivity contribution in [1.82, 2.24) is 0 Å². The molecular weight excluding hydrogens is 228 g/mol. The van der Waals surface area contributed by atoms with E-state index in [1.807, 2.05) is 12.1 Å². The average Bonchev–Trinajstić information content (AvgIpc) is 2.28. The van der Waals surface area contributed by atoms with Crippen LogP contribution in [-0.4, -0.2) is 18.1 Å². The molecule has 0 aromatic heterocycles. The van der Waals surface area contributed by atoms with Crippen LogP contribution in [-0.2, 0) is 0 Å². The van der Waals surface area contributed by atoms with Crippen molar-refractivity contribution in [1.29, 1.82) is 0 Å². The minimum atomic E-state index is 0.493.